The Morgan fingerprint density at radius 1 is 1.17 bits per heavy atom. The lowest BCUT2D eigenvalue weighted by Gasteiger charge is -2.25. The number of para-hydroxylation sites is 2. The van der Waals surface area contributed by atoms with Crippen LogP contribution in [0.1, 0.15) is 27.7 Å². The van der Waals surface area contributed by atoms with Crippen LogP contribution >= 0.6 is 0 Å². The first-order valence-corrected chi connectivity index (χ1v) is 6.40. The number of hydrogen-bond donors (Lipinski definition) is 1. The molecule has 0 unspecified atom stereocenters. The van der Waals surface area contributed by atoms with E-state index < -0.39 is 0 Å². The van der Waals surface area contributed by atoms with Crippen molar-refractivity contribution in [3.8, 4) is 0 Å². The second-order valence-corrected chi connectivity index (χ2v) is 5.31. The van der Waals surface area contributed by atoms with Crippen molar-refractivity contribution in [2.24, 2.45) is 17.8 Å². The molecule has 0 aromatic heterocycles. The van der Waals surface area contributed by atoms with Crippen LogP contribution in [-0.2, 0) is 0 Å². The van der Waals surface area contributed by atoms with Gasteiger partial charge in [0.05, 0.1) is 4.92 Å². The van der Waals surface area contributed by atoms with E-state index in [1.807, 2.05) is 6.07 Å². The van der Waals surface area contributed by atoms with E-state index in [4.69, 9.17) is 0 Å². The standard InChI is InChI=1S/C14H22N2O2/c1-10(2)12(11(3)4)9-15-13-7-5-6-8-14(13)16(17)18/h5-8,10-12,15H,9H2,1-4H3. The number of hydrogen-bond acceptors (Lipinski definition) is 3. The third kappa shape index (κ3) is 3.72. The lowest BCUT2D eigenvalue weighted by Crippen LogP contribution is -2.24. The first kappa shape index (κ1) is 14.5. The van der Waals surface area contributed by atoms with Crippen molar-refractivity contribution >= 4 is 11.4 Å². The molecule has 0 bridgehead atoms. The lowest BCUT2D eigenvalue weighted by molar-refractivity contribution is -0.384. The summed E-state index contributed by atoms with van der Waals surface area (Å²) in [5.74, 6) is 1.62. The number of benzene rings is 1. The molecule has 0 heterocycles. The number of nitro benzene ring substituents is 1. The molecule has 1 aromatic rings. The van der Waals surface area contributed by atoms with Crippen LogP contribution in [0.4, 0.5) is 11.4 Å². The fourth-order valence-corrected chi connectivity index (χ4v) is 2.25. The van der Waals surface area contributed by atoms with Gasteiger partial charge in [-0.2, -0.15) is 0 Å². The van der Waals surface area contributed by atoms with Crippen molar-refractivity contribution < 1.29 is 4.92 Å². The van der Waals surface area contributed by atoms with Crippen LogP contribution in [0, 0.1) is 27.9 Å². The molecular formula is C14H22N2O2. The monoisotopic (exact) mass is 250 g/mol. The SMILES string of the molecule is CC(C)C(CNc1ccccc1[N+](=O)[O-])C(C)C. The molecule has 100 valence electrons. The van der Waals surface area contributed by atoms with Gasteiger partial charge in [0.15, 0.2) is 0 Å². The minimum absolute atomic E-state index is 0.142. The van der Waals surface area contributed by atoms with Crippen molar-refractivity contribution in [3.05, 3.63) is 34.4 Å². The Bertz CT molecular complexity index is 395. The molecule has 0 aliphatic carbocycles. The third-order valence-corrected chi connectivity index (χ3v) is 3.34. The van der Waals surface area contributed by atoms with Crippen LogP contribution in [0.15, 0.2) is 24.3 Å². The molecule has 4 heteroatoms. The van der Waals surface area contributed by atoms with Crippen molar-refractivity contribution in [2.75, 3.05) is 11.9 Å². The highest BCUT2D eigenvalue weighted by Crippen LogP contribution is 2.26. The van der Waals surface area contributed by atoms with Gasteiger partial charge in [-0.15, -0.1) is 0 Å². The molecule has 0 amide bonds. The number of nitro groups is 1. The first-order valence-electron chi connectivity index (χ1n) is 6.40. The quantitative estimate of drug-likeness (QED) is 0.614. The van der Waals surface area contributed by atoms with Gasteiger partial charge in [-0.05, 0) is 23.8 Å². The minimum Gasteiger partial charge on any atom is -0.379 e. The van der Waals surface area contributed by atoms with Crippen LogP contribution in [-0.4, -0.2) is 11.5 Å². The molecule has 0 atom stereocenters. The molecule has 0 aliphatic rings. The van der Waals surface area contributed by atoms with Gasteiger partial charge in [0.1, 0.15) is 5.69 Å². The maximum Gasteiger partial charge on any atom is 0.292 e. The normalized spacial score (nSPS) is 11.3. The summed E-state index contributed by atoms with van der Waals surface area (Å²) < 4.78 is 0. The number of rotatable bonds is 6. The van der Waals surface area contributed by atoms with Crippen molar-refractivity contribution in [2.45, 2.75) is 27.7 Å². The van der Waals surface area contributed by atoms with Gasteiger partial charge in [0, 0.05) is 12.6 Å². The largest absolute Gasteiger partial charge is 0.379 e. The molecule has 0 saturated heterocycles. The smallest absolute Gasteiger partial charge is 0.292 e. The second-order valence-electron chi connectivity index (χ2n) is 5.31. The Morgan fingerprint density at radius 2 is 1.72 bits per heavy atom. The summed E-state index contributed by atoms with van der Waals surface area (Å²) in [5, 5.41) is 14.1. The average Bonchev–Trinajstić information content (AvgIpc) is 2.28. The molecule has 0 radical (unpaired) electrons. The fourth-order valence-electron chi connectivity index (χ4n) is 2.25. The van der Waals surface area contributed by atoms with Crippen LogP contribution in [0.2, 0.25) is 0 Å². The Hall–Kier alpha value is -1.58. The predicted molar refractivity (Wildman–Crippen MR) is 74.8 cm³/mol. The lowest BCUT2D eigenvalue weighted by atomic mass is 9.85. The number of nitrogens with one attached hydrogen (secondary N) is 1. The Kier molecular flexibility index (Phi) is 5.13. The highest BCUT2D eigenvalue weighted by molar-refractivity contribution is 5.61. The molecule has 1 rings (SSSR count). The fraction of sp³-hybridized carbons (Fsp3) is 0.571. The van der Waals surface area contributed by atoms with Crippen LogP contribution in [0.25, 0.3) is 0 Å². The van der Waals surface area contributed by atoms with Gasteiger partial charge >= 0.3 is 0 Å². The van der Waals surface area contributed by atoms with Gasteiger partial charge in [-0.25, -0.2) is 0 Å². The Labute approximate surface area is 109 Å². The van der Waals surface area contributed by atoms with E-state index in [1.54, 1.807) is 12.1 Å². The van der Waals surface area contributed by atoms with Crippen LogP contribution in [0.5, 0.6) is 0 Å². The van der Waals surface area contributed by atoms with E-state index in [9.17, 15) is 10.1 Å². The molecular weight excluding hydrogens is 228 g/mol. The Balaban J connectivity index is 2.76. The molecule has 18 heavy (non-hydrogen) atoms. The van der Waals surface area contributed by atoms with E-state index in [2.05, 4.69) is 33.0 Å². The summed E-state index contributed by atoms with van der Waals surface area (Å²) in [7, 11) is 0. The van der Waals surface area contributed by atoms with Crippen molar-refractivity contribution in [1.29, 1.82) is 0 Å². The summed E-state index contributed by atoms with van der Waals surface area (Å²) in [6, 6.07) is 6.79. The van der Waals surface area contributed by atoms with E-state index in [0.717, 1.165) is 6.54 Å². The zero-order valence-corrected chi connectivity index (χ0v) is 11.5. The van der Waals surface area contributed by atoms with Crippen LogP contribution < -0.4 is 5.32 Å². The van der Waals surface area contributed by atoms with E-state index in [0.29, 0.717) is 23.4 Å². The van der Waals surface area contributed by atoms with E-state index >= 15 is 0 Å². The summed E-state index contributed by atoms with van der Waals surface area (Å²) in [5.41, 5.74) is 0.748. The topological polar surface area (TPSA) is 55.2 Å². The molecule has 0 fully saturated rings. The second kappa shape index (κ2) is 6.38. The van der Waals surface area contributed by atoms with Crippen LogP contribution in [0.3, 0.4) is 0 Å². The predicted octanol–water partition coefficient (Wildman–Crippen LogP) is 3.93. The summed E-state index contributed by atoms with van der Waals surface area (Å²) in [4.78, 5) is 10.6. The van der Waals surface area contributed by atoms with Crippen molar-refractivity contribution in [3.63, 3.8) is 0 Å². The highest BCUT2D eigenvalue weighted by atomic mass is 16.6. The average molecular weight is 250 g/mol. The zero-order valence-electron chi connectivity index (χ0n) is 11.5. The highest BCUT2D eigenvalue weighted by Gasteiger charge is 2.19. The minimum atomic E-state index is -0.345. The van der Waals surface area contributed by atoms with Gasteiger partial charge < -0.3 is 5.32 Å². The first-order chi connectivity index (χ1) is 8.43. The molecule has 1 aromatic carbocycles. The van der Waals surface area contributed by atoms with Gasteiger partial charge in [-0.3, -0.25) is 10.1 Å². The van der Waals surface area contributed by atoms with E-state index in [1.165, 1.54) is 6.07 Å². The molecule has 0 aliphatic heterocycles. The van der Waals surface area contributed by atoms with E-state index in [-0.39, 0.29) is 10.6 Å². The maximum atomic E-state index is 10.9. The number of anilines is 1. The summed E-state index contributed by atoms with van der Waals surface area (Å²) >= 11 is 0. The Morgan fingerprint density at radius 3 is 2.22 bits per heavy atom. The molecule has 4 nitrogen and oxygen atoms in total. The third-order valence-electron chi connectivity index (χ3n) is 3.34. The van der Waals surface area contributed by atoms with Gasteiger partial charge in [0.2, 0.25) is 0 Å². The number of nitrogens with zero attached hydrogens (tertiary/aromatic N) is 1. The zero-order chi connectivity index (χ0) is 13.7. The summed E-state index contributed by atoms with van der Waals surface area (Å²) in [6.45, 7) is 9.51. The molecule has 0 saturated carbocycles. The van der Waals surface area contributed by atoms with Gasteiger partial charge in [-0.1, -0.05) is 39.8 Å². The molecule has 0 spiro atoms. The summed E-state index contributed by atoms with van der Waals surface area (Å²) in [6.07, 6.45) is 0. The van der Waals surface area contributed by atoms with Crippen molar-refractivity contribution in [1.82, 2.24) is 0 Å². The maximum absolute atomic E-state index is 10.9. The van der Waals surface area contributed by atoms with Gasteiger partial charge in [0.25, 0.3) is 5.69 Å². The molecule has 1 N–H and O–H groups in total.